The van der Waals surface area contributed by atoms with Crippen LogP contribution >= 0.6 is 22.9 Å². The van der Waals surface area contributed by atoms with E-state index in [1.54, 1.807) is 36.4 Å². The van der Waals surface area contributed by atoms with Crippen molar-refractivity contribution in [1.29, 1.82) is 0 Å². The van der Waals surface area contributed by atoms with Crippen molar-refractivity contribution in [2.45, 2.75) is 31.2 Å². The third kappa shape index (κ3) is 4.66. The molecule has 1 amide bonds. The molecule has 0 unspecified atom stereocenters. The van der Waals surface area contributed by atoms with Gasteiger partial charge in [-0.25, -0.2) is 4.68 Å². The quantitative estimate of drug-likeness (QED) is 0.307. The number of rotatable bonds is 5. The first kappa shape index (κ1) is 23.4. The van der Waals surface area contributed by atoms with Crippen molar-refractivity contribution in [3.8, 4) is 0 Å². The summed E-state index contributed by atoms with van der Waals surface area (Å²) >= 11 is 7.92. The van der Waals surface area contributed by atoms with E-state index in [2.05, 4.69) is 10.4 Å². The van der Waals surface area contributed by atoms with Crippen molar-refractivity contribution in [1.82, 2.24) is 9.78 Å². The van der Waals surface area contributed by atoms with Gasteiger partial charge in [0.05, 0.1) is 12.6 Å². The van der Waals surface area contributed by atoms with Crippen LogP contribution in [-0.2, 0) is 6.54 Å². The number of nitrogens with one attached hydrogen (secondary N) is 1. The summed E-state index contributed by atoms with van der Waals surface area (Å²) in [4.78, 5) is 15.9. The van der Waals surface area contributed by atoms with Crippen molar-refractivity contribution in [2.24, 2.45) is 0 Å². The number of carbonyl (C=O) groups is 1. The van der Waals surface area contributed by atoms with E-state index in [0.717, 1.165) is 15.1 Å². The van der Waals surface area contributed by atoms with Gasteiger partial charge in [-0.15, -0.1) is 11.3 Å². The molecule has 0 spiro atoms. The van der Waals surface area contributed by atoms with E-state index >= 15 is 0 Å². The van der Waals surface area contributed by atoms with Crippen LogP contribution in [0.1, 0.15) is 39.4 Å². The molecule has 5 nitrogen and oxygen atoms in total. The highest BCUT2D eigenvalue weighted by Gasteiger charge is 2.48. The molecule has 10 heteroatoms. The average molecular weight is 517 g/mol. The fourth-order valence-corrected chi connectivity index (χ4v) is 5.23. The smallest absolute Gasteiger partial charge is 0.361 e. The molecular weight excluding hydrogens is 497 g/mol. The number of halogens is 4. The molecule has 180 valence electrons. The number of thiophene rings is 1. The highest BCUT2D eigenvalue weighted by Crippen LogP contribution is 2.47. The van der Waals surface area contributed by atoms with Crippen molar-refractivity contribution in [3.05, 3.63) is 99.3 Å². The van der Waals surface area contributed by atoms with Crippen LogP contribution in [0.15, 0.2) is 78.2 Å². The Kier molecular flexibility index (Phi) is 6.29. The second kappa shape index (κ2) is 9.39. The minimum Gasteiger partial charge on any atom is -0.361 e. The molecule has 5 rings (SSSR count). The second-order valence-electron chi connectivity index (χ2n) is 8.17. The summed E-state index contributed by atoms with van der Waals surface area (Å²) in [5.74, 6) is -0.586. The number of anilines is 2. The summed E-state index contributed by atoms with van der Waals surface area (Å²) < 4.78 is 43.0. The standard InChI is InChI=1S/C25H20ClF3N4OS/c26-21-22(24(34)32(17-10-5-2-6-11-17)15-16-8-3-1-4-9-16)31-33-20(25(27,28)29)14-18(30-23(21)33)19-12-7-13-35-19/h1-13,18,20,30H,14-15H2/t18-,20+/m0/s1. The third-order valence-electron chi connectivity index (χ3n) is 5.88. The van der Waals surface area contributed by atoms with E-state index in [-0.39, 0.29) is 29.5 Å². The predicted octanol–water partition coefficient (Wildman–Crippen LogP) is 7.11. The molecule has 0 bridgehead atoms. The molecule has 4 aromatic rings. The summed E-state index contributed by atoms with van der Waals surface area (Å²) in [6.45, 7) is 0.205. The van der Waals surface area contributed by atoms with Crippen LogP contribution in [0.4, 0.5) is 24.7 Å². The van der Waals surface area contributed by atoms with Gasteiger partial charge in [0.25, 0.3) is 5.91 Å². The first-order chi connectivity index (χ1) is 16.8. The van der Waals surface area contributed by atoms with Gasteiger partial charge in [-0.05, 0) is 29.1 Å². The van der Waals surface area contributed by atoms with Crippen LogP contribution in [0.2, 0.25) is 5.02 Å². The summed E-state index contributed by atoms with van der Waals surface area (Å²) in [7, 11) is 0. The number of para-hydroxylation sites is 1. The Labute approximate surface area is 208 Å². The summed E-state index contributed by atoms with van der Waals surface area (Å²) in [5.41, 5.74) is 1.21. The van der Waals surface area contributed by atoms with Crippen LogP contribution in [-0.4, -0.2) is 21.9 Å². The lowest BCUT2D eigenvalue weighted by Crippen LogP contribution is -2.35. The number of aromatic nitrogens is 2. The first-order valence-corrected chi connectivity index (χ1v) is 12.1. The molecule has 0 radical (unpaired) electrons. The lowest BCUT2D eigenvalue weighted by Gasteiger charge is -2.32. The molecule has 1 aliphatic heterocycles. The number of fused-ring (bicyclic) bond motifs is 1. The van der Waals surface area contributed by atoms with Crippen LogP contribution in [0.3, 0.4) is 0 Å². The van der Waals surface area contributed by atoms with Gasteiger partial charge in [-0.1, -0.05) is 66.2 Å². The van der Waals surface area contributed by atoms with Crippen LogP contribution in [0, 0.1) is 0 Å². The molecule has 1 N–H and O–H groups in total. The van der Waals surface area contributed by atoms with Crippen LogP contribution in [0.5, 0.6) is 0 Å². The number of benzene rings is 2. The van der Waals surface area contributed by atoms with Crippen molar-refractivity contribution in [3.63, 3.8) is 0 Å². The topological polar surface area (TPSA) is 50.2 Å². The number of hydrogen-bond acceptors (Lipinski definition) is 4. The van der Waals surface area contributed by atoms with Gasteiger partial charge in [0.2, 0.25) is 0 Å². The largest absolute Gasteiger partial charge is 0.410 e. The van der Waals surface area contributed by atoms with Crippen molar-refractivity contribution >= 4 is 40.4 Å². The van der Waals surface area contributed by atoms with Gasteiger partial charge in [0.1, 0.15) is 10.8 Å². The average Bonchev–Trinajstić information content (AvgIpc) is 3.51. The third-order valence-corrected chi connectivity index (χ3v) is 7.23. The van der Waals surface area contributed by atoms with Gasteiger partial charge in [0, 0.05) is 17.0 Å². The zero-order valence-corrected chi connectivity index (χ0v) is 19.8. The van der Waals surface area contributed by atoms with Gasteiger partial charge >= 0.3 is 6.18 Å². The lowest BCUT2D eigenvalue weighted by molar-refractivity contribution is -0.173. The Morgan fingerprint density at radius 2 is 1.77 bits per heavy atom. The number of amides is 1. The Morgan fingerprint density at radius 3 is 2.40 bits per heavy atom. The fourth-order valence-electron chi connectivity index (χ4n) is 4.18. The molecule has 2 aromatic heterocycles. The van der Waals surface area contributed by atoms with E-state index in [1.165, 1.54) is 16.2 Å². The van der Waals surface area contributed by atoms with Crippen LogP contribution in [0.25, 0.3) is 0 Å². The second-order valence-corrected chi connectivity index (χ2v) is 9.53. The molecule has 0 aliphatic carbocycles. The van der Waals surface area contributed by atoms with E-state index in [4.69, 9.17) is 11.6 Å². The van der Waals surface area contributed by atoms with E-state index < -0.39 is 24.2 Å². The first-order valence-electron chi connectivity index (χ1n) is 10.9. The monoisotopic (exact) mass is 516 g/mol. The maximum atomic E-state index is 14.1. The number of alkyl halides is 3. The van der Waals surface area contributed by atoms with Gasteiger partial charge in [-0.2, -0.15) is 18.3 Å². The molecule has 0 fully saturated rings. The van der Waals surface area contributed by atoms with E-state index in [1.807, 2.05) is 41.8 Å². The summed E-state index contributed by atoms with van der Waals surface area (Å²) in [6, 6.07) is 19.3. The Hall–Kier alpha value is -3.30. The predicted molar refractivity (Wildman–Crippen MR) is 131 cm³/mol. The van der Waals surface area contributed by atoms with E-state index in [0.29, 0.717) is 5.69 Å². The molecule has 1 aliphatic rings. The number of hydrogen-bond donors (Lipinski definition) is 1. The van der Waals surface area contributed by atoms with E-state index in [9.17, 15) is 18.0 Å². The molecule has 35 heavy (non-hydrogen) atoms. The molecule has 0 saturated carbocycles. The summed E-state index contributed by atoms with van der Waals surface area (Å²) in [5, 5.41) is 8.88. The maximum absolute atomic E-state index is 14.1. The fraction of sp³-hybridized carbons (Fsp3) is 0.200. The zero-order chi connectivity index (χ0) is 24.6. The normalized spacial score (nSPS) is 17.5. The SMILES string of the molecule is O=C(c1nn2c(c1Cl)N[C@H](c1cccs1)C[C@@H]2C(F)(F)F)N(Cc1ccccc1)c1ccccc1. The minimum atomic E-state index is -4.56. The lowest BCUT2D eigenvalue weighted by atomic mass is 10.0. The molecule has 3 heterocycles. The highest BCUT2D eigenvalue weighted by molar-refractivity contribution is 7.10. The molecular formula is C25H20ClF3N4OS. The Bertz CT molecular complexity index is 1310. The summed E-state index contributed by atoms with van der Waals surface area (Å²) in [6.07, 6.45) is -4.82. The highest BCUT2D eigenvalue weighted by atomic mass is 35.5. The van der Waals surface area contributed by atoms with Gasteiger partial charge in [0.15, 0.2) is 11.7 Å². The molecule has 2 aromatic carbocycles. The van der Waals surface area contributed by atoms with Gasteiger partial charge in [-0.3, -0.25) is 4.79 Å². The zero-order valence-electron chi connectivity index (χ0n) is 18.2. The number of carbonyl (C=O) groups excluding carboxylic acids is 1. The minimum absolute atomic E-state index is 0.00489. The molecule has 0 saturated heterocycles. The van der Waals surface area contributed by atoms with Gasteiger partial charge < -0.3 is 10.2 Å². The van der Waals surface area contributed by atoms with Crippen molar-refractivity contribution in [2.75, 3.05) is 10.2 Å². The Morgan fingerprint density at radius 1 is 1.09 bits per heavy atom. The number of nitrogens with zero attached hydrogens (tertiary/aromatic N) is 3. The molecule has 2 atom stereocenters. The maximum Gasteiger partial charge on any atom is 0.410 e. The Balaban J connectivity index is 1.56. The van der Waals surface area contributed by atoms with Crippen LogP contribution < -0.4 is 10.2 Å². The van der Waals surface area contributed by atoms with Crippen molar-refractivity contribution < 1.29 is 18.0 Å².